The van der Waals surface area contributed by atoms with Crippen LogP contribution in [0.5, 0.6) is 0 Å². The van der Waals surface area contributed by atoms with Gasteiger partial charge in [0.15, 0.2) is 0 Å². The predicted molar refractivity (Wildman–Crippen MR) is 85.3 cm³/mol. The van der Waals surface area contributed by atoms with Crippen LogP contribution in [0.15, 0.2) is 10.1 Å². The molecule has 4 nitrogen and oxygen atoms in total. The molecule has 0 amide bonds. The average molecular weight is 279 g/mol. The molecule has 0 radical (unpaired) electrons. The minimum atomic E-state index is 0.252. The third-order valence-electron chi connectivity index (χ3n) is 4.07. The van der Waals surface area contributed by atoms with Gasteiger partial charge in [0.25, 0.3) is 0 Å². The monoisotopic (exact) mass is 279 g/mol. The molecule has 1 aliphatic rings. The van der Waals surface area contributed by atoms with Crippen LogP contribution in [0.4, 0.5) is 0 Å². The maximum atomic E-state index is 10.7. The van der Waals surface area contributed by atoms with Crippen molar-refractivity contribution in [1.29, 1.82) is 0 Å². The first-order valence-corrected chi connectivity index (χ1v) is 8.05. The lowest BCUT2D eigenvalue weighted by atomic mass is 9.87. The lowest BCUT2D eigenvalue weighted by Gasteiger charge is -2.22. The van der Waals surface area contributed by atoms with E-state index in [1.807, 2.05) is 6.21 Å². The molecule has 0 aromatic carbocycles. The molecule has 0 heterocycles. The van der Waals surface area contributed by atoms with E-state index in [0.29, 0.717) is 6.04 Å². The minimum absolute atomic E-state index is 0.252. The Kier molecular flexibility index (Phi) is 8.92. The molecule has 0 aliphatic heterocycles. The van der Waals surface area contributed by atoms with Gasteiger partial charge in [0, 0.05) is 12.1 Å². The molecule has 0 atom stereocenters. The van der Waals surface area contributed by atoms with Gasteiger partial charge in [-0.05, 0) is 38.5 Å². The number of carbonyl (C=O) groups is 1. The van der Waals surface area contributed by atoms with Crippen LogP contribution in [-0.4, -0.2) is 24.3 Å². The summed E-state index contributed by atoms with van der Waals surface area (Å²) in [5, 5.41) is 3.83. The van der Waals surface area contributed by atoms with Gasteiger partial charge in [0.1, 0.15) is 6.29 Å². The summed E-state index contributed by atoms with van der Waals surface area (Å²) in [5.41, 5.74) is 0.902. The highest BCUT2D eigenvalue weighted by Crippen LogP contribution is 2.24. The van der Waals surface area contributed by atoms with Crippen molar-refractivity contribution in [1.82, 2.24) is 0 Å². The Morgan fingerprint density at radius 1 is 1.15 bits per heavy atom. The third-order valence-corrected chi connectivity index (χ3v) is 4.07. The molecule has 2 N–H and O–H groups in total. The normalized spacial score (nSPS) is 24.1. The van der Waals surface area contributed by atoms with Crippen LogP contribution in [0.1, 0.15) is 71.1 Å². The summed E-state index contributed by atoms with van der Waals surface area (Å²) >= 11 is 0. The van der Waals surface area contributed by atoms with Crippen molar-refractivity contribution >= 4 is 18.2 Å². The number of aldehydes is 1. The number of hydrogen-bond donors (Lipinski definition) is 1. The van der Waals surface area contributed by atoms with Crippen LogP contribution >= 0.6 is 0 Å². The van der Waals surface area contributed by atoms with E-state index in [-0.39, 0.29) is 5.92 Å². The summed E-state index contributed by atoms with van der Waals surface area (Å²) in [5.74, 6) is 5.68. The fraction of sp³-hybridized carbons (Fsp3) is 0.812. The molecule has 0 aromatic heterocycles. The maximum absolute atomic E-state index is 10.7. The summed E-state index contributed by atoms with van der Waals surface area (Å²) < 4.78 is 0. The van der Waals surface area contributed by atoms with Crippen molar-refractivity contribution in [3.8, 4) is 0 Å². The van der Waals surface area contributed by atoms with Crippen LogP contribution in [-0.2, 0) is 4.79 Å². The predicted octanol–water partition coefficient (Wildman–Crippen LogP) is 3.49. The molecule has 0 unspecified atom stereocenters. The summed E-state index contributed by atoms with van der Waals surface area (Å²) in [6.45, 7) is 2.22. The van der Waals surface area contributed by atoms with Crippen molar-refractivity contribution < 1.29 is 4.79 Å². The molecule has 0 bridgehead atoms. The zero-order valence-electron chi connectivity index (χ0n) is 12.8. The Hall–Kier alpha value is -1.19. The van der Waals surface area contributed by atoms with Gasteiger partial charge >= 0.3 is 0 Å². The fourth-order valence-corrected chi connectivity index (χ4v) is 2.65. The quantitative estimate of drug-likeness (QED) is 0.231. The Labute approximate surface area is 122 Å². The second kappa shape index (κ2) is 10.6. The Balaban J connectivity index is 2.23. The number of unbranched alkanes of at least 4 members (excludes halogenated alkanes) is 4. The molecule has 114 valence electrons. The van der Waals surface area contributed by atoms with Gasteiger partial charge in [-0.1, -0.05) is 32.6 Å². The van der Waals surface area contributed by atoms with E-state index in [1.165, 1.54) is 25.7 Å². The molecule has 1 rings (SSSR count). The van der Waals surface area contributed by atoms with E-state index in [0.717, 1.165) is 50.5 Å². The first kappa shape index (κ1) is 16.9. The third kappa shape index (κ3) is 6.83. The smallest absolute Gasteiger partial charge is 0.123 e. The summed E-state index contributed by atoms with van der Waals surface area (Å²) in [6, 6.07) is 0.350. The number of carbonyl (C=O) groups excluding carboxylic acids is 1. The van der Waals surface area contributed by atoms with E-state index in [9.17, 15) is 4.79 Å². The highest BCUT2D eigenvalue weighted by Gasteiger charge is 2.19. The molecule has 4 heteroatoms. The van der Waals surface area contributed by atoms with Crippen LogP contribution in [0, 0.1) is 5.92 Å². The van der Waals surface area contributed by atoms with Gasteiger partial charge < -0.3 is 10.6 Å². The Morgan fingerprint density at radius 2 is 1.85 bits per heavy atom. The first-order valence-electron chi connectivity index (χ1n) is 8.05. The summed E-state index contributed by atoms with van der Waals surface area (Å²) in [4.78, 5) is 15.3. The second-order valence-corrected chi connectivity index (χ2v) is 5.77. The van der Waals surface area contributed by atoms with Crippen LogP contribution in [0.3, 0.4) is 0 Å². The Morgan fingerprint density at radius 3 is 2.45 bits per heavy atom. The number of aliphatic imine (C=N–C) groups is 1. The number of rotatable bonds is 9. The second-order valence-electron chi connectivity index (χ2n) is 5.77. The van der Waals surface area contributed by atoms with Crippen molar-refractivity contribution in [2.75, 3.05) is 0 Å². The zero-order chi connectivity index (χ0) is 14.6. The molecule has 1 aliphatic carbocycles. The van der Waals surface area contributed by atoms with Gasteiger partial charge in [-0.15, -0.1) is 0 Å². The molecule has 0 aromatic rings. The van der Waals surface area contributed by atoms with Crippen LogP contribution in [0.2, 0.25) is 0 Å². The summed E-state index contributed by atoms with van der Waals surface area (Å²) in [7, 11) is 0. The number of hydrogen-bond acceptors (Lipinski definition) is 4. The number of nitrogens with zero attached hydrogens (tertiary/aromatic N) is 2. The fourth-order valence-electron chi connectivity index (χ4n) is 2.65. The zero-order valence-corrected chi connectivity index (χ0v) is 12.8. The van der Waals surface area contributed by atoms with Gasteiger partial charge in [0.05, 0.1) is 11.8 Å². The first-order chi connectivity index (χ1) is 9.80. The van der Waals surface area contributed by atoms with E-state index >= 15 is 0 Å². The molecule has 1 fully saturated rings. The van der Waals surface area contributed by atoms with Crippen molar-refractivity contribution in [3.05, 3.63) is 0 Å². The molecule has 0 saturated heterocycles. The molecular weight excluding hydrogens is 250 g/mol. The van der Waals surface area contributed by atoms with E-state index in [4.69, 9.17) is 5.84 Å². The lowest BCUT2D eigenvalue weighted by Crippen LogP contribution is -2.19. The minimum Gasteiger partial charge on any atom is -0.323 e. The molecule has 1 saturated carbocycles. The van der Waals surface area contributed by atoms with Crippen LogP contribution in [0.25, 0.3) is 0 Å². The SMILES string of the molecule is CCCCCCC/C(C=NC1CCC(C=O)CC1)=N/N. The van der Waals surface area contributed by atoms with E-state index < -0.39 is 0 Å². The highest BCUT2D eigenvalue weighted by molar-refractivity contribution is 6.30. The van der Waals surface area contributed by atoms with E-state index in [1.54, 1.807) is 0 Å². The van der Waals surface area contributed by atoms with Crippen molar-refractivity contribution in [2.24, 2.45) is 21.9 Å². The number of nitrogens with two attached hydrogens (primary N) is 1. The molecule has 0 spiro atoms. The largest absolute Gasteiger partial charge is 0.323 e. The van der Waals surface area contributed by atoms with Gasteiger partial charge in [-0.25, -0.2) is 0 Å². The maximum Gasteiger partial charge on any atom is 0.123 e. The molecular formula is C16H29N3O. The summed E-state index contributed by atoms with van der Waals surface area (Å²) in [6.07, 6.45) is 14.1. The topological polar surface area (TPSA) is 67.8 Å². The number of hydrazone groups is 1. The van der Waals surface area contributed by atoms with E-state index in [2.05, 4.69) is 17.0 Å². The highest BCUT2D eigenvalue weighted by atomic mass is 16.1. The van der Waals surface area contributed by atoms with Gasteiger partial charge in [-0.3, -0.25) is 4.99 Å². The molecule has 20 heavy (non-hydrogen) atoms. The Bertz CT molecular complexity index is 318. The average Bonchev–Trinajstić information content (AvgIpc) is 2.50. The standard InChI is InChI=1S/C16H29N3O/c1-2-3-4-5-6-7-16(19-17)12-18-15-10-8-14(13-20)9-11-15/h12-15H,2-11,17H2,1H3/b18-12?,19-16-. The lowest BCUT2D eigenvalue weighted by molar-refractivity contribution is -0.111. The van der Waals surface area contributed by atoms with Crippen molar-refractivity contribution in [3.63, 3.8) is 0 Å². The van der Waals surface area contributed by atoms with Crippen LogP contribution < -0.4 is 5.84 Å². The van der Waals surface area contributed by atoms with Gasteiger partial charge in [0.2, 0.25) is 0 Å². The van der Waals surface area contributed by atoms with Crippen molar-refractivity contribution in [2.45, 2.75) is 77.2 Å². The van der Waals surface area contributed by atoms with Gasteiger partial charge in [-0.2, -0.15) is 5.10 Å².